The van der Waals surface area contributed by atoms with Gasteiger partial charge in [0.15, 0.2) is 0 Å². The Bertz CT molecular complexity index is 354. The van der Waals surface area contributed by atoms with Crippen LogP contribution >= 0.6 is 11.3 Å². The molecule has 1 amide bonds. The van der Waals surface area contributed by atoms with Crippen molar-refractivity contribution < 1.29 is 9.90 Å². The highest BCUT2D eigenvalue weighted by atomic mass is 32.1. The summed E-state index contributed by atoms with van der Waals surface area (Å²) in [5.41, 5.74) is 0.782. The molecule has 0 bridgehead atoms. The number of hydrogen-bond acceptors (Lipinski definition) is 3. The molecule has 0 aliphatic carbocycles. The molecule has 3 nitrogen and oxygen atoms in total. The van der Waals surface area contributed by atoms with E-state index in [0.29, 0.717) is 13.1 Å². The summed E-state index contributed by atoms with van der Waals surface area (Å²) in [6.07, 6.45) is 0.911. The lowest BCUT2D eigenvalue weighted by atomic mass is 10.2. The van der Waals surface area contributed by atoms with Gasteiger partial charge in [-0.1, -0.05) is 6.92 Å². The zero-order chi connectivity index (χ0) is 12.1. The van der Waals surface area contributed by atoms with Crippen molar-refractivity contribution in [2.24, 2.45) is 0 Å². The topological polar surface area (TPSA) is 40.5 Å². The minimum atomic E-state index is 0.0217. The van der Waals surface area contributed by atoms with E-state index in [1.54, 1.807) is 16.2 Å². The van der Waals surface area contributed by atoms with Crippen LogP contribution in [0.2, 0.25) is 0 Å². The minimum absolute atomic E-state index is 0.0217. The van der Waals surface area contributed by atoms with Crippen molar-refractivity contribution in [3.63, 3.8) is 0 Å². The molecule has 90 valence electrons. The van der Waals surface area contributed by atoms with Gasteiger partial charge in [-0.25, -0.2) is 0 Å². The molecule has 1 aromatic heterocycles. The number of carbonyl (C=O) groups is 1. The van der Waals surface area contributed by atoms with Crippen LogP contribution in [0.1, 0.15) is 33.5 Å². The van der Waals surface area contributed by atoms with Gasteiger partial charge in [0.25, 0.3) is 5.91 Å². The predicted octanol–water partition coefficient (Wildman–Crippen LogP) is 2.21. The molecule has 0 unspecified atom stereocenters. The number of rotatable bonds is 5. The van der Waals surface area contributed by atoms with Gasteiger partial charge in [-0.05, 0) is 26.3 Å². The van der Waals surface area contributed by atoms with Gasteiger partial charge < -0.3 is 10.0 Å². The van der Waals surface area contributed by atoms with Crippen molar-refractivity contribution in [1.29, 1.82) is 0 Å². The molecule has 0 aliphatic rings. The second-order valence-electron chi connectivity index (χ2n) is 3.84. The van der Waals surface area contributed by atoms with Crippen molar-refractivity contribution in [3.8, 4) is 0 Å². The smallest absolute Gasteiger partial charge is 0.255 e. The first kappa shape index (κ1) is 13.2. The van der Waals surface area contributed by atoms with Crippen LogP contribution < -0.4 is 0 Å². The van der Waals surface area contributed by atoms with Gasteiger partial charge in [0.1, 0.15) is 0 Å². The van der Waals surface area contributed by atoms with E-state index in [1.165, 1.54) is 0 Å². The second-order valence-corrected chi connectivity index (χ2v) is 5.30. The number of nitrogens with zero attached hydrogens (tertiary/aromatic N) is 1. The van der Waals surface area contributed by atoms with Gasteiger partial charge in [0.05, 0.1) is 12.2 Å². The first-order chi connectivity index (χ1) is 7.60. The lowest BCUT2D eigenvalue weighted by molar-refractivity contribution is 0.0722. The maximum absolute atomic E-state index is 12.2. The van der Waals surface area contributed by atoms with E-state index >= 15 is 0 Å². The van der Waals surface area contributed by atoms with Crippen LogP contribution in [0, 0.1) is 13.8 Å². The number of aliphatic hydroxyl groups excluding tert-OH is 1. The third-order valence-electron chi connectivity index (χ3n) is 2.42. The molecule has 1 N–H and O–H groups in total. The molecule has 0 fully saturated rings. The lowest BCUT2D eigenvalue weighted by Gasteiger charge is -2.20. The quantitative estimate of drug-likeness (QED) is 0.858. The summed E-state index contributed by atoms with van der Waals surface area (Å²) in [4.78, 5) is 16.1. The molecule has 16 heavy (non-hydrogen) atoms. The maximum Gasteiger partial charge on any atom is 0.255 e. The molecule has 4 heteroatoms. The van der Waals surface area contributed by atoms with Crippen LogP contribution in [0.3, 0.4) is 0 Å². The standard InChI is InChI=1S/C12H19NO2S/c1-4-5-13(6-7-14)12(15)11-8-9(2)16-10(11)3/h8,14H,4-7H2,1-3H3. The second kappa shape index (κ2) is 6.01. The summed E-state index contributed by atoms with van der Waals surface area (Å²) in [6.45, 7) is 7.14. The molecule has 1 rings (SSSR count). The van der Waals surface area contributed by atoms with E-state index in [4.69, 9.17) is 5.11 Å². The van der Waals surface area contributed by atoms with Crippen LogP contribution in [0.5, 0.6) is 0 Å². The van der Waals surface area contributed by atoms with E-state index in [9.17, 15) is 4.79 Å². The summed E-state index contributed by atoms with van der Waals surface area (Å²) < 4.78 is 0. The minimum Gasteiger partial charge on any atom is -0.395 e. The number of hydrogen-bond donors (Lipinski definition) is 1. The summed E-state index contributed by atoms with van der Waals surface area (Å²) >= 11 is 1.64. The highest BCUT2D eigenvalue weighted by Gasteiger charge is 2.18. The Morgan fingerprint density at radius 1 is 1.44 bits per heavy atom. The molecule has 1 heterocycles. The first-order valence-corrected chi connectivity index (χ1v) is 6.39. The fourth-order valence-corrected chi connectivity index (χ4v) is 2.63. The molecule has 0 spiro atoms. The maximum atomic E-state index is 12.2. The Labute approximate surface area is 101 Å². The van der Waals surface area contributed by atoms with Gasteiger partial charge in [-0.3, -0.25) is 4.79 Å². The van der Waals surface area contributed by atoms with Crippen molar-refractivity contribution >= 4 is 17.2 Å². The van der Waals surface area contributed by atoms with Crippen LogP contribution in [0.25, 0.3) is 0 Å². The average molecular weight is 241 g/mol. The zero-order valence-corrected chi connectivity index (χ0v) is 10.9. The SMILES string of the molecule is CCCN(CCO)C(=O)c1cc(C)sc1C. The molecule has 0 aliphatic heterocycles. The molecule has 0 saturated carbocycles. The molecule has 0 saturated heterocycles. The number of thiophene rings is 1. The van der Waals surface area contributed by atoms with Crippen molar-refractivity contribution in [2.75, 3.05) is 19.7 Å². The van der Waals surface area contributed by atoms with Crippen LogP contribution in [-0.4, -0.2) is 35.6 Å². The molecular weight excluding hydrogens is 222 g/mol. The summed E-state index contributed by atoms with van der Waals surface area (Å²) in [7, 11) is 0. The van der Waals surface area contributed by atoms with E-state index in [2.05, 4.69) is 0 Å². The van der Waals surface area contributed by atoms with Crippen LogP contribution in [0.15, 0.2) is 6.07 Å². The van der Waals surface area contributed by atoms with Gasteiger partial charge in [0, 0.05) is 22.8 Å². The predicted molar refractivity (Wildman–Crippen MR) is 67.1 cm³/mol. The van der Waals surface area contributed by atoms with Crippen molar-refractivity contribution in [3.05, 3.63) is 21.4 Å². The molecule has 0 aromatic carbocycles. The fraction of sp³-hybridized carbons (Fsp3) is 0.583. The monoisotopic (exact) mass is 241 g/mol. The number of amides is 1. The van der Waals surface area contributed by atoms with Crippen LogP contribution in [0.4, 0.5) is 0 Å². The summed E-state index contributed by atoms with van der Waals surface area (Å²) in [5, 5.41) is 8.94. The Morgan fingerprint density at radius 3 is 2.56 bits per heavy atom. The van der Waals surface area contributed by atoms with Gasteiger partial charge >= 0.3 is 0 Å². The van der Waals surface area contributed by atoms with Gasteiger partial charge in [0.2, 0.25) is 0 Å². The Hall–Kier alpha value is -0.870. The molecule has 1 aromatic rings. The zero-order valence-electron chi connectivity index (χ0n) is 10.1. The normalized spacial score (nSPS) is 10.5. The highest BCUT2D eigenvalue weighted by molar-refractivity contribution is 7.12. The summed E-state index contributed by atoms with van der Waals surface area (Å²) in [5.74, 6) is 0.0396. The third-order valence-corrected chi connectivity index (χ3v) is 3.39. The van der Waals surface area contributed by atoms with Crippen molar-refractivity contribution in [1.82, 2.24) is 4.90 Å². The van der Waals surface area contributed by atoms with Gasteiger partial charge in [-0.15, -0.1) is 11.3 Å². The van der Waals surface area contributed by atoms with E-state index in [1.807, 2.05) is 26.8 Å². The van der Waals surface area contributed by atoms with Crippen molar-refractivity contribution in [2.45, 2.75) is 27.2 Å². The number of aryl methyl sites for hydroxylation is 2. The number of aliphatic hydroxyl groups is 1. The average Bonchev–Trinajstić information content (AvgIpc) is 2.56. The summed E-state index contributed by atoms with van der Waals surface area (Å²) in [6, 6.07) is 1.93. The van der Waals surface area contributed by atoms with E-state index in [-0.39, 0.29) is 12.5 Å². The van der Waals surface area contributed by atoms with E-state index < -0.39 is 0 Å². The van der Waals surface area contributed by atoms with Crippen LogP contribution in [-0.2, 0) is 0 Å². The largest absolute Gasteiger partial charge is 0.395 e. The highest BCUT2D eigenvalue weighted by Crippen LogP contribution is 2.22. The lowest BCUT2D eigenvalue weighted by Crippen LogP contribution is -2.34. The Balaban J connectivity index is 2.85. The molecule has 0 atom stereocenters. The fourth-order valence-electron chi connectivity index (χ4n) is 1.72. The van der Waals surface area contributed by atoms with E-state index in [0.717, 1.165) is 21.7 Å². The Morgan fingerprint density at radius 2 is 2.12 bits per heavy atom. The number of carbonyl (C=O) groups excluding carboxylic acids is 1. The first-order valence-electron chi connectivity index (χ1n) is 5.57. The third kappa shape index (κ3) is 3.06. The molecular formula is C12H19NO2S. The van der Waals surface area contributed by atoms with Gasteiger partial charge in [-0.2, -0.15) is 0 Å². The molecule has 0 radical (unpaired) electrons. The Kier molecular flexibility index (Phi) is 4.96.